The Hall–Kier alpha value is -3.00. The summed E-state index contributed by atoms with van der Waals surface area (Å²) in [7, 11) is 0. The van der Waals surface area contributed by atoms with Crippen molar-refractivity contribution in [2.24, 2.45) is 0 Å². The van der Waals surface area contributed by atoms with Crippen molar-refractivity contribution in [3.8, 4) is 0 Å². The Morgan fingerprint density at radius 2 is 1.19 bits per heavy atom. The third-order valence-electron chi connectivity index (χ3n) is 4.84. The van der Waals surface area contributed by atoms with Gasteiger partial charge in [0, 0.05) is 28.0 Å². The maximum absolute atomic E-state index is 3.52. The number of aryl methyl sites for hydroxylation is 2. The molecule has 1 aromatic heterocycles. The molecule has 4 aromatic rings. The zero-order chi connectivity index (χ0) is 17.6. The van der Waals surface area contributed by atoms with Crippen molar-refractivity contribution in [3.63, 3.8) is 0 Å². The standard InChI is InChI=1S/C12H13N.C12H11N/c1-3-7-11-9(5-1)10-6-2-4-8-12(10)13-11;1-3-7-11(8-4-1)13-12-9-5-2-6-10-12/h1,3,5,7,13H,2,4,6,8H2;1-10,13H. The summed E-state index contributed by atoms with van der Waals surface area (Å²) in [6, 6.07) is 28.9. The fraction of sp³-hybridized carbons (Fsp3) is 0.167. The summed E-state index contributed by atoms with van der Waals surface area (Å²) >= 11 is 0. The van der Waals surface area contributed by atoms with Gasteiger partial charge in [0.1, 0.15) is 0 Å². The highest BCUT2D eigenvalue weighted by molar-refractivity contribution is 5.84. The SMILES string of the molecule is c1ccc(Nc2ccccc2)cc1.c1ccc2c3c([nH]c2c1)CCCC3. The number of nitrogens with one attached hydrogen (secondary N) is 2. The molecule has 2 heteroatoms. The van der Waals surface area contributed by atoms with Crippen molar-refractivity contribution in [1.29, 1.82) is 0 Å². The smallest absolute Gasteiger partial charge is 0.0458 e. The van der Waals surface area contributed by atoms with Crippen LogP contribution in [0.25, 0.3) is 10.9 Å². The summed E-state index contributed by atoms with van der Waals surface area (Å²) in [5.74, 6) is 0. The minimum absolute atomic E-state index is 1.12. The lowest BCUT2D eigenvalue weighted by atomic mass is 9.96. The van der Waals surface area contributed by atoms with Crippen molar-refractivity contribution in [3.05, 3.63) is 96.2 Å². The van der Waals surface area contributed by atoms with E-state index in [4.69, 9.17) is 0 Å². The van der Waals surface area contributed by atoms with Crippen molar-refractivity contribution >= 4 is 22.3 Å². The van der Waals surface area contributed by atoms with Gasteiger partial charge in [0.2, 0.25) is 0 Å². The van der Waals surface area contributed by atoms with Crippen LogP contribution in [-0.4, -0.2) is 4.98 Å². The molecule has 0 aliphatic heterocycles. The number of rotatable bonds is 2. The third-order valence-corrected chi connectivity index (χ3v) is 4.84. The topological polar surface area (TPSA) is 27.8 Å². The van der Waals surface area contributed by atoms with Gasteiger partial charge in [-0.15, -0.1) is 0 Å². The fourth-order valence-corrected chi connectivity index (χ4v) is 3.57. The maximum atomic E-state index is 3.52. The zero-order valence-corrected chi connectivity index (χ0v) is 14.9. The van der Waals surface area contributed by atoms with E-state index in [9.17, 15) is 0 Å². The number of benzene rings is 3. The molecule has 2 N–H and O–H groups in total. The maximum Gasteiger partial charge on any atom is 0.0458 e. The molecule has 0 bridgehead atoms. The lowest BCUT2D eigenvalue weighted by Gasteiger charge is -2.10. The average Bonchev–Trinajstić information content (AvgIpc) is 3.09. The first-order valence-corrected chi connectivity index (χ1v) is 9.36. The predicted molar refractivity (Wildman–Crippen MR) is 111 cm³/mol. The van der Waals surface area contributed by atoms with E-state index in [0.29, 0.717) is 0 Å². The van der Waals surface area contributed by atoms with Crippen LogP contribution in [0.5, 0.6) is 0 Å². The molecule has 1 aliphatic rings. The van der Waals surface area contributed by atoms with E-state index in [-0.39, 0.29) is 0 Å². The van der Waals surface area contributed by atoms with Crippen LogP contribution in [0, 0.1) is 0 Å². The van der Waals surface area contributed by atoms with Crippen molar-refractivity contribution in [2.45, 2.75) is 25.7 Å². The molecule has 1 heterocycles. The van der Waals surface area contributed by atoms with Crippen molar-refractivity contribution in [2.75, 3.05) is 5.32 Å². The van der Waals surface area contributed by atoms with Crippen LogP contribution in [0.4, 0.5) is 11.4 Å². The second-order valence-electron chi connectivity index (χ2n) is 6.69. The molecule has 3 aromatic carbocycles. The van der Waals surface area contributed by atoms with Gasteiger partial charge in [0.25, 0.3) is 0 Å². The molecule has 0 amide bonds. The number of fused-ring (bicyclic) bond motifs is 3. The molecule has 0 fully saturated rings. The second kappa shape index (κ2) is 7.92. The quantitative estimate of drug-likeness (QED) is 0.429. The lowest BCUT2D eigenvalue weighted by Crippen LogP contribution is -1.99. The second-order valence-corrected chi connectivity index (χ2v) is 6.69. The number of hydrogen-bond donors (Lipinski definition) is 2. The first kappa shape index (κ1) is 16.5. The van der Waals surface area contributed by atoms with Gasteiger partial charge in [-0.05, 0) is 61.6 Å². The summed E-state index contributed by atoms with van der Waals surface area (Å²) in [6.07, 6.45) is 5.21. The van der Waals surface area contributed by atoms with E-state index >= 15 is 0 Å². The number of aromatic nitrogens is 1. The molecule has 0 radical (unpaired) electrons. The van der Waals surface area contributed by atoms with Gasteiger partial charge in [-0.25, -0.2) is 0 Å². The Morgan fingerprint density at radius 3 is 1.88 bits per heavy atom. The fourth-order valence-electron chi connectivity index (χ4n) is 3.57. The van der Waals surface area contributed by atoms with Crippen LogP contribution in [0.2, 0.25) is 0 Å². The van der Waals surface area contributed by atoms with Gasteiger partial charge in [-0.2, -0.15) is 0 Å². The molecule has 130 valence electrons. The molecule has 5 rings (SSSR count). The Kier molecular flexibility index (Phi) is 5.02. The van der Waals surface area contributed by atoms with Gasteiger partial charge < -0.3 is 10.3 Å². The van der Waals surface area contributed by atoms with Crippen LogP contribution in [0.1, 0.15) is 24.1 Å². The summed E-state index contributed by atoms with van der Waals surface area (Å²) in [5.41, 5.74) is 6.60. The molecule has 1 aliphatic carbocycles. The molecule has 0 spiro atoms. The van der Waals surface area contributed by atoms with Gasteiger partial charge in [-0.1, -0.05) is 54.6 Å². The van der Waals surface area contributed by atoms with Gasteiger partial charge >= 0.3 is 0 Å². The highest BCUT2D eigenvalue weighted by atomic mass is 14.9. The Bertz CT molecular complexity index is 918. The van der Waals surface area contributed by atoms with Gasteiger partial charge in [0.15, 0.2) is 0 Å². The Balaban J connectivity index is 0.000000129. The van der Waals surface area contributed by atoms with Gasteiger partial charge in [-0.3, -0.25) is 0 Å². The zero-order valence-electron chi connectivity index (χ0n) is 14.9. The van der Waals surface area contributed by atoms with E-state index in [1.54, 1.807) is 5.56 Å². The van der Waals surface area contributed by atoms with Crippen LogP contribution >= 0.6 is 0 Å². The average molecular weight is 340 g/mol. The van der Waals surface area contributed by atoms with Crippen LogP contribution in [0.3, 0.4) is 0 Å². The summed E-state index contributed by atoms with van der Waals surface area (Å²) in [6.45, 7) is 0. The predicted octanol–water partition coefficient (Wildman–Crippen LogP) is 6.48. The van der Waals surface area contributed by atoms with Crippen molar-refractivity contribution < 1.29 is 0 Å². The summed E-state index contributed by atoms with van der Waals surface area (Å²) in [4.78, 5) is 3.52. The van der Waals surface area contributed by atoms with E-state index in [1.807, 2.05) is 60.7 Å². The molecule has 0 saturated carbocycles. The molecular formula is C24H24N2. The number of hydrogen-bond acceptors (Lipinski definition) is 1. The number of aromatic amines is 1. The molecule has 0 atom stereocenters. The summed E-state index contributed by atoms with van der Waals surface area (Å²) < 4.78 is 0. The minimum Gasteiger partial charge on any atom is -0.358 e. The highest BCUT2D eigenvalue weighted by Crippen LogP contribution is 2.28. The molecule has 0 unspecified atom stereocenters. The number of H-pyrrole nitrogens is 1. The molecule has 0 saturated heterocycles. The minimum atomic E-state index is 1.12. The largest absolute Gasteiger partial charge is 0.358 e. The first-order valence-electron chi connectivity index (χ1n) is 9.36. The van der Waals surface area contributed by atoms with Gasteiger partial charge in [0.05, 0.1) is 0 Å². The van der Waals surface area contributed by atoms with E-state index in [2.05, 4.69) is 34.6 Å². The normalized spacial score (nSPS) is 12.8. The summed E-state index contributed by atoms with van der Waals surface area (Å²) in [5, 5.41) is 4.75. The van der Waals surface area contributed by atoms with Crippen LogP contribution in [-0.2, 0) is 12.8 Å². The van der Waals surface area contributed by atoms with Crippen LogP contribution in [0.15, 0.2) is 84.9 Å². The lowest BCUT2D eigenvalue weighted by molar-refractivity contribution is 0.680. The highest BCUT2D eigenvalue weighted by Gasteiger charge is 2.13. The molecule has 26 heavy (non-hydrogen) atoms. The van der Waals surface area contributed by atoms with E-state index in [0.717, 1.165) is 11.4 Å². The van der Waals surface area contributed by atoms with E-state index in [1.165, 1.54) is 42.3 Å². The molecule has 2 nitrogen and oxygen atoms in total. The van der Waals surface area contributed by atoms with Crippen molar-refractivity contribution in [1.82, 2.24) is 4.98 Å². The van der Waals surface area contributed by atoms with Crippen LogP contribution < -0.4 is 5.32 Å². The molecular weight excluding hydrogens is 316 g/mol. The Labute approximate surface area is 154 Å². The number of anilines is 2. The Morgan fingerprint density at radius 1 is 0.615 bits per heavy atom. The number of para-hydroxylation sites is 3. The monoisotopic (exact) mass is 340 g/mol. The van der Waals surface area contributed by atoms with E-state index < -0.39 is 0 Å². The third kappa shape index (κ3) is 3.80. The first-order chi connectivity index (χ1) is 12.9.